The molecule has 0 spiro atoms. The predicted molar refractivity (Wildman–Crippen MR) is 49.6 cm³/mol. The van der Waals surface area contributed by atoms with Gasteiger partial charge in [-0.05, 0) is 6.92 Å². The van der Waals surface area contributed by atoms with Gasteiger partial charge in [0.05, 0.1) is 25.4 Å². The van der Waals surface area contributed by atoms with E-state index in [-0.39, 0.29) is 26.2 Å². The van der Waals surface area contributed by atoms with Gasteiger partial charge in [-0.25, -0.2) is 8.78 Å². The number of hydrogen-bond donors (Lipinski definition) is 1. The highest BCUT2D eigenvalue weighted by molar-refractivity contribution is 5.02. The first-order valence-electron chi connectivity index (χ1n) is 4.65. The largest absolute Gasteiger partial charge is 0.395 e. The van der Waals surface area contributed by atoms with Crippen molar-refractivity contribution in [3.8, 4) is 0 Å². The van der Waals surface area contributed by atoms with Crippen molar-refractivity contribution in [3.05, 3.63) is 17.5 Å². The van der Waals surface area contributed by atoms with E-state index in [2.05, 4.69) is 5.16 Å². The second kappa shape index (κ2) is 5.77. The normalized spacial score (nSPS) is 11.6. The molecular weight excluding hydrogens is 206 g/mol. The minimum absolute atomic E-state index is 0.153. The van der Waals surface area contributed by atoms with Crippen LogP contribution in [0.25, 0.3) is 0 Å². The van der Waals surface area contributed by atoms with Crippen molar-refractivity contribution < 1.29 is 18.4 Å². The van der Waals surface area contributed by atoms with E-state index in [9.17, 15) is 8.78 Å². The summed E-state index contributed by atoms with van der Waals surface area (Å²) >= 11 is 0. The molecule has 6 heteroatoms. The van der Waals surface area contributed by atoms with Crippen LogP contribution >= 0.6 is 0 Å². The van der Waals surface area contributed by atoms with E-state index >= 15 is 0 Å². The molecule has 0 unspecified atom stereocenters. The van der Waals surface area contributed by atoms with E-state index in [0.717, 1.165) is 0 Å². The Labute approximate surface area is 86.5 Å². The summed E-state index contributed by atoms with van der Waals surface area (Å²) < 4.78 is 29.2. The maximum Gasteiger partial charge on any atom is 0.251 e. The zero-order valence-electron chi connectivity index (χ0n) is 8.49. The van der Waals surface area contributed by atoms with E-state index in [0.29, 0.717) is 11.5 Å². The molecule has 0 bridgehead atoms. The van der Waals surface area contributed by atoms with Crippen LogP contribution in [-0.2, 0) is 6.54 Å². The zero-order chi connectivity index (χ0) is 11.3. The third-order valence-corrected chi connectivity index (χ3v) is 1.87. The van der Waals surface area contributed by atoms with Gasteiger partial charge in [-0.15, -0.1) is 0 Å². The molecule has 0 fully saturated rings. The molecule has 1 aromatic heterocycles. The van der Waals surface area contributed by atoms with Crippen molar-refractivity contribution in [1.82, 2.24) is 10.1 Å². The minimum atomic E-state index is -2.42. The van der Waals surface area contributed by atoms with E-state index in [1.165, 1.54) is 4.90 Å². The number of alkyl halides is 2. The standard InChI is InChI=1S/C9H14F2N2O2/c1-7-4-8(15-12-7)5-13(2-3-14)6-9(10)11/h4,9,14H,2-3,5-6H2,1H3. The van der Waals surface area contributed by atoms with E-state index in [1.54, 1.807) is 13.0 Å². The summed E-state index contributed by atoms with van der Waals surface area (Å²) in [7, 11) is 0. The maximum atomic E-state index is 12.1. The third-order valence-electron chi connectivity index (χ3n) is 1.87. The molecule has 0 aliphatic heterocycles. The molecule has 1 heterocycles. The molecule has 1 aromatic rings. The fourth-order valence-corrected chi connectivity index (χ4v) is 1.28. The van der Waals surface area contributed by atoms with Gasteiger partial charge in [-0.3, -0.25) is 4.90 Å². The molecule has 1 N–H and O–H groups in total. The van der Waals surface area contributed by atoms with Crippen LogP contribution in [0.3, 0.4) is 0 Å². The Bertz CT molecular complexity index is 291. The van der Waals surface area contributed by atoms with E-state index in [1.807, 2.05) is 0 Å². The zero-order valence-corrected chi connectivity index (χ0v) is 8.49. The topological polar surface area (TPSA) is 49.5 Å². The van der Waals surface area contributed by atoms with Gasteiger partial charge in [0, 0.05) is 12.6 Å². The Morgan fingerprint density at radius 3 is 2.80 bits per heavy atom. The van der Waals surface area contributed by atoms with Crippen LogP contribution in [0.5, 0.6) is 0 Å². The lowest BCUT2D eigenvalue weighted by molar-refractivity contribution is 0.0701. The fraction of sp³-hybridized carbons (Fsp3) is 0.667. The van der Waals surface area contributed by atoms with Crippen molar-refractivity contribution in [2.75, 3.05) is 19.7 Å². The Morgan fingerprint density at radius 2 is 2.33 bits per heavy atom. The minimum Gasteiger partial charge on any atom is -0.395 e. The third kappa shape index (κ3) is 4.35. The van der Waals surface area contributed by atoms with Crippen LogP contribution in [0.4, 0.5) is 8.78 Å². The van der Waals surface area contributed by atoms with Gasteiger partial charge in [0.1, 0.15) is 0 Å². The fourth-order valence-electron chi connectivity index (χ4n) is 1.28. The van der Waals surface area contributed by atoms with Gasteiger partial charge < -0.3 is 9.63 Å². The first-order chi connectivity index (χ1) is 7.11. The lowest BCUT2D eigenvalue weighted by Crippen LogP contribution is -2.31. The van der Waals surface area contributed by atoms with E-state index < -0.39 is 6.43 Å². The molecule has 0 saturated heterocycles. The first kappa shape index (κ1) is 12.1. The lowest BCUT2D eigenvalue weighted by Gasteiger charge is -2.18. The van der Waals surface area contributed by atoms with Gasteiger partial charge >= 0.3 is 0 Å². The van der Waals surface area contributed by atoms with Gasteiger partial charge in [-0.1, -0.05) is 5.16 Å². The van der Waals surface area contributed by atoms with Crippen LogP contribution in [-0.4, -0.2) is 41.3 Å². The summed E-state index contributed by atoms with van der Waals surface area (Å²) in [5.74, 6) is 0.529. The summed E-state index contributed by atoms with van der Waals surface area (Å²) in [5, 5.41) is 12.4. The Morgan fingerprint density at radius 1 is 1.60 bits per heavy atom. The van der Waals surface area contributed by atoms with Gasteiger partial charge in [0.2, 0.25) is 0 Å². The highest BCUT2D eigenvalue weighted by Gasteiger charge is 2.14. The van der Waals surface area contributed by atoms with E-state index in [4.69, 9.17) is 9.63 Å². The average Bonchev–Trinajstić information content (AvgIpc) is 2.50. The van der Waals surface area contributed by atoms with Crippen molar-refractivity contribution in [3.63, 3.8) is 0 Å². The molecule has 0 amide bonds. The summed E-state index contributed by atoms with van der Waals surface area (Å²) in [4.78, 5) is 1.42. The lowest BCUT2D eigenvalue weighted by atomic mass is 10.3. The Hall–Kier alpha value is -1.01. The van der Waals surface area contributed by atoms with Crippen LogP contribution in [0.1, 0.15) is 11.5 Å². The molecule has 1 rings (SSSR count). The number of nitrogens with zero attached hydrogens (tertiary/aromatic N) is 2. The van der Waals surface area contributed by atoms with Crippen LogP contribution < -0.4 is 0 Å². The Balaban J connectivity index is 2.50. The number of rotatable bonds is 6. The SMILES string of the molecule is Cc1cc(CN(CCO)CC(F)F)on1. The van der Waals surface area contributed by atoms with Crippen molar-refractivity contribution in [2.45, 2.75) is 19.9 Å². The number of hydrogen-bond acceptors (Lipinski definition) is 4. The van der Waals surface area contributed by atoms with Gasteiger partial charge in [-0.2, -0.15) is 0 Å². The molecule has 86 valence electrons. The van der Waals surface area contributed by atoms with Gasteiger partial charge in [0.15, 0.2) is 5.76 Å². The second-order valence-corrected chi connectivity index (χ2v) is 3.28. The highest BCUT2D eigenvalue weighted by Crippen LogP contribution is 2.08. The molecule has 0 saturated carbocycles. The Kier molecular flexibility index (Phi) is 4.64. The van der Waals surface area contributed by atoms with Crippen LogP contribution in [0.15, 0.2) is 10.6 Å². The predicted octanol–water partition coefficient (Wildman–Crippen LogP) is 1.04. The van der Waals surface area contributed by atoms with Crippen molar-refractivity contribution in [1.29, 1.82) is 0 Å². The van der Waals surface area contributed by atoms with Crippen molar-refractivity contribution >= 4 is 0 Å². The second-order valence-electron chi connectivity index (χ2n) is 3.28. The summed E-state index contributed by atoms with van der Waals surface area (Å²) in [5.41, 5.74) is 0.714. The molecule has 0 radical (unpaired) electrons. The van der Waals surface area contributed by atoms with Crippen LogP contribution in [0.2, 0.25) is 0 Å². The first-order valence-corrected chi connectivity index (χ1v) is 4.65. The number of aliphatic hydroxyl groups is 1. The molecule has 0 aliphatic rings. The monoisotopic (exact) mass is 220 g/mol. The molecule has 0 atom stereocenters. The van der Waals surface area contributed by atoms with Crippen molar-refractivity contribution in [2.24, 2.45) is 0 Å². The average molecular weight is 220 g/mol. The maximum absolute atomic E-state index is 12.1. The molecule has 4 nitrogen and oxygen atoms in total. The van der Waals surface area contributed by atoms with Crippen LogP contribution in [0, 0.1) is 6.92 Å². The summed E-state index contributed by atoms with van der Waals surface area (Å²) in [6.45, 7) is 1.67. The number of aryl methyl sites for hydroxylation is 1. The summed E-state index contributed by atoms with van der Waals surface area (Å²) in [6, 6.07) is 1.69. The van der Waals surface area contributed by atoms with Gasteiger partial charge in [0.25, 0.3) is 6.43 Å². The smallest absolute Gasteiger partial charge is 0.251 e. The molecule has 15 heavy (non-hydrogen) atoms. The molecule has 0 aromatic carbocycles. The quantitative estimate of drug-likeness (QED) is 0.778. The highest BCUT2D eigenvalue weighted by atomic mass is 19.3. The molecule has 0 aliphatic carbocycles. The number of halogens is 2. The summed E-state index contributed by atoms with van der Waals surface area (Å²) in [6.07, 6.45) is -2.42. The molecular formula is C9H14F2N2O2. The number of aliphatic hydroxyl groups excluding tert-OH is 1. The number of aromatic nitrogens is 1.